The molecule has 0 aromatic heterocycles. The maximum atomic E-state index is 11.7. The lowest BCUT2D eigenvalue weighted by Gasteiger charge is -2.29. The fraction of sp³-hybridized carbons (Fsp3) is 0.615. The van der Waals surface area contributed by atoms with E-state index in [1.165, 1.54) is 6.20 Å². The van der Waals surface area contributed by atoms with Crippen LogP contribution < -0.4 is 5.32 Å². The predicted molar refractivity (Wildman–Crippen MR) is 68.9 cm³/mol. The minimum absolute atomic E-state index is 0.0259. The average Bonchev–Trinajstić information content (AvgIpc) is 2.35. The zero-order valence-corrected chi connectivity index (χ0v) is 11.2. The number of hydrogen-bond acceptors (Lipinski definition) is 4. The molecular weight excluding hydrogens is 246 g/mol. The van der Waals surface area contributed by atoms with Crippen LogP contribution in [-0.4, -0.2) is 41.0 Å². The van der Waals surface area contributed by atoms with Crippen LogP contribution in [0.4, 0.5) is 0 Å². The normalized spacial score (nSPS) is 17.2. The molecule has 0 bridgehead atoms. The molecule has 1 amide bonds. The van der Waals surface area contributed by atoms with Gasteiger partial charge in [-0.2, -0.15) is 5.26 Å². The molecular formula is C13H19N3O3. The number of carbonyl (C=O) groups is 2. The van der Waals surface area contributed by atoms with Crippen molar-refractivity contribution in [3.63, 3.8) is 0 Å². The van der Waals surface area contributed by atoms with Crippen molar-refractivity contribution >= 4 is 11.9 Å². The Balaban J connectivity index is 2.61. The summed E-state index contributed by atoms with van der Waals surface area (Å²) in [5.41, 5.74) is 0.0578. The molecule has 0 radical (unpaired) electrons. The second-order valence-electron chi connectivity index (χ2n) is 4.93. The van der Waals surface area contributed by atoms with E-state index in [1.807, 2.05) is 24.8 Å². The summed E-state index contributed by atoms with van der Waals surface area (Å²) in [6.45, 7) is 4.75. The number of piperidine rings is 1. The first kappa shape index (κ1) is 15.0. The number of aliphatic carboxylic acids is 1. The molecule has 1 aliphatic heterocycles. The topological polar surface area (TPSA) is 93.4 Å². The fourth-order valence-corrected chi connectivity index (χ4v) is 1.94. The lowest BCUT2D eigenvalue weighted by molar-refractivity contribution is -0.143. The third-order valence-electron chi connectivity index (χ3n) is 2.98. The molecule has 0 spiro atoms. The quantitative estimate of drug-likeness (QED) is 0.577. The second-order valence-corrected chi connectivity index (χ2v) is 4.93. The van der Waals surface area contributed by atoms with Crippen LogP contribution in [0.5, 0.6) is 0 Å². The first-order valence-electron chi connectivity index (χ1n) is 6.33. The van der Waals surface area contributed by atoms with Crippen LogP contribution >= 0.6 is 0 Å². The van der Waals surface area contributed by atoms with Crippen molar-refractivity contribution in [1.82, 2.24) is 10.2 Å². The van der Waals surface area contributed by atoms with Crippen molar-refractivity contribution in [2.45, 2.75) is 32.7 Å². The molecule has 19 heavy (non-hydrogen) atoms. The van der Waals surface area contributed by atoms with Gasteiger partial charge in [-0.05, 0) is 26.7 Å². The molecule has 0 aromatic rings. The Morgan fingerprint density at radius 3 is 2.42 bits per heavy atom. The van der Waals surface area contributed by atoms with E-state index in [-0.39, 0.29) is 17.5 Å². The van der Waals surface area contributed by atoms with Crippen LogP contribution in [0, 0.1) is 17.2 Å². The van der Waals surface area contributed by atoms with Gasteiger partial charge in [0.2, 0.25) is 0 Å². The Hall–Kier alpha value is -2.03. The van der Waals surface area contributed by atoms with E-state index >= 15 is 0 Å². The van der Waals surface area contributed by atoms with Gasteiger partial charge in [-0.15, -0.1) is 0 Å². The highest BCUT2D eigenvalue weighted by Crippen LogP contribution is 2.18. The number of nitrogens with zero attached hydrogens (tertiary/aromatic N) is 2. The number of carboxylic acid groups (broad SMARTS) is 1. The van der Waals surface area contributed by atoms with Crippen molar-refractivity contribution in [2.24, 2.45) is 5.92 Å². The molecule has 1 rings (SSSR count). The Morgan fingerprint density at radius 2 is 2.00 bits per heavy atom. The maximum Gasteiger partial charge on any atom is 0.306 e. The van der Waals surface area contributed by atoms with Gasteiger partial charge >= 0.3 is 5.97 Å². The van der Waals surface area contributed by atoms with Gasteiger partial charge in [0.15, 0.2) is 0 Å². The summed E-state index contributed by atoms with van der Waals surface area (Å²) in [5, 5.41) is 20.5. The van der Waals surface area contributed by atoms with E-state index < -0.39 is 11.9 Å². The highest BCUT2D eigenvalue weighted by atomic mass is 16.4. The smallest absolute Gasteiger partial charge is 0.306 e. The lowest BCUT2D eigenvalue weighted by Crippen LogP contribution is -2.35. The molecule has 104 valence electrons. The second kappa shape index (κ2) is 6.78. The van der Waals surface area contributed by atoms with E-state index in [4.69, 9.17) is 10.4 Å². The third kappa shape index (κ3) is 4.62. The van der Waals surface area contributed by atoms with Gasteiger partial charge in [-0.25, -0.2) is 0 Å². The number of hydrogen-bond donors (Lipinski definition) is 2. The van der Waals surface area contributed by atoms with E-state index in [0.717, 1.165) is 0 Å². The first-order valence-corrected chi connectivity index (χ1v) is 6.33. The minimum Gasteiger partial charge on any atom is -0.481 e. The van der Waals surface area contributed by atoms with Gasteiger partial charge in [-0.1, -0.05) is 0 Å². The number of carbonyl (C=O) groups excluding carboxylic acids is 1. The molecule has 1 saturated heterocycles. The summed E-state index contributed by atoms with van der Waals surface area (Å²) in [6.07, 6.45) is 2.60. The molecule has 1 fully saturated rings. The molecule has 1 aliphatic rings. The molecule has 1 heterocycles. The van der Waals surface area contributed by atoms with Crippen LogP contribution in [0.15, 0.2) is 11.8 Å². The van der Waals surface area contributed by atoms with E-state index in [2.05, 4.69) is 5.32 Å². The van der Waals surface area contributed by atoms with E-state index in [1.54, 1.807) is 0 Å². The van der Waals surface area contributed by atoms with Crippen LogP contribution in [0.25, 0.3) is 0 Å². The minimum atomic E-state index is -0.776. The van der Waals surface area contributed by atoms with Gasteiger partial charge in [0.1, 0.15) is 11.6 Å². The zero-order valence-electron chi connectivity index (χ0n) is 11.2. The molecule has 0 saturated carbocycles. The number of amides is 1. The van der Waals surface area contributed by atoms with Crippen molar-refractivity contribution in [3.8, 4) is 6.07 Å². The van der Waals surface area contributed by atoms with Gasteiger partial charge in [-0.3, -0.25) is 9.59 Å². The Morgan fingerprint density at radius 1 is 1.42 bits per heavy atom. The summed E-state index contributed by atoms with van der Waals surface area (Å²) in [4.78, 5) is 24.4. The lowest BCUT2D eigenvalue weighted by atomic mass is 9.97. The molecule has 2 N–H and O–H groups in total. The highest BCUT2D eigenvalue weighted by molar-refractivity contribution is 5.97. The van der Waals surface area contributed by atoms with Crippen molar-refractivity contribution in [1.29, 1.82) is 5.26 Å². The average molecular weight is 265 g/mol. The summed E-state index contributed by atoms with van der Waals surface area (Å²) < 4.78 is 0. The van der Waals surface area contributed by atoms with Gasteiger partial charge < -0.3 is 15.3 Å². The number of rotatable bonds is 4. The van der Waals surface area contributed by atoms with Crippen molar-refractivity contribution in [2.75, 3.05) is 13.1 Å². The molecule has 0 aliphatic carbocycles. The monoisotopic (exact) mass is 265 g/mol. The number of carboxylic acids is 1. The summed E-state index contributed by atoms with van der Waals surface area (Å²) in [6, 6.07) is 1.85. The zero-order chi connectivity index (χ0) is 14.4. The number of likely N-dealkylation sites (tertiary alicyclic amines) is 1. The van der Waals surface area contributed by atoms with Crippen LogP contribution in [0.3, 0.4) is 0 Å². The molecule has 0 unspecified atom stereocenters. The fourth-order valence-electron chi connectivity index (χ4n) is 1.94. The standard InChI is InChI=1S/C13H19N3O3/c1-9(2)15-12(17)11(7-14)8-16-5-3-10(4-6-16)13(18)19/h8-10H,3-6H2,1-2H3,(H,15,17)(H,18,19)/b11-8-. The molecule has 6 heteroatoms. The van der Waals surface area contributed by atoms with Crippen molar-refractivity contribution in [3.05, 3.63) is 11.8 Å². The van der Waals surface area contributed by atoms with Crippen molar-refractivity contribution < 1.29 is 14.7 Å². The van der Waals surface area contributed by atoms with E-state index in [9.17, 15) is 9.59 Å². The Kier molecular flexibility index (Phi) is 5.37. The predicted octanol–water partition coefficient (Wildman–Crippen LogP) is 0.715. The highest BCUT2D eigenvalue weighted by Gasteiger charge is 2.24. The summed E-state index contributed by atoms with van der Waals surface area (Å²) in [5.74, 6) is -1.49. The van der Waals surface area contributed by atoms with E-state index in [0.29, 0.717) is 25.9 Å². The maximum absolute atomic E-state index is 11.7. The number of nitrogens with one attached hydrogen (secondary N) is 1. The Labute approximate surface area is 112 Å². The summed E-state index contributed by atoms with van der Waals surface area (Å²) >= 11 is 0. The van der Waals surface area contributed by atoms with Gasteiger partial charge in [0.25, 0.3) is 5.91 Å². The van der Waals surface area contributed by atoms with Gasteiger partial charge in [0, 0.05) is 25.3 Å². The molecule has 6 nitrogen and oxygen atoms in total. The Bertz CT molecular complexity index is 415. The van der Waals surface area contributed by atoms with Crippen LogP contribution in [0.1, 0.15) is 26.7 Å². The largest absolute Gasteiger partial charge is 0.481 e. The third-order valence-corrected chi connectivity index (χ3v) is 2.98. The number of nitriles is 1. The molecule has 0 aromatic carbocycles. The van der Waals surface area contributed by atoms with Gasteiger partial charge in [0.05, 0.1) is 5.92 Å². The SMILES string of the molecule is CC(C)NC(=O)/C(C#N)=C\N1CCC(C(=O)O)CC1. The van der Waals surface area contributed by atoms with Crippen LogP contribution in [-0.2, 0) is 9.59 Å². The summed E-state index contributed by atoms with van der Waals surface area (Å²) in [7, 11) is 0. The van der Waals surface area contributed by atoms with Crippen LogP contribution in [0.2, 0.25) is 0 Å². The first-order chi connectivity index (χ1) is 8.93. The molecule has 0 atom stereocenters.